The van der Waals surface area contributed by atoms with E-state index in [1.807, 2.05) is 24.3 Å². The van der Waals surface area contributed by atoms with Crippen LogP contribution in [0.5, 0.6) is 5.75 Å². The highest BCUT2D eigenvalue weighted by Gasteiger charge is 2.13. The van der Waals surface area contributed by atoms with Crippen LogP contribution in [-0.2, 0) is 16.8 Å². The Balaban J connectivity index is 1.50. The van der Waals surface area contributed by atoms with E-state index in [0.29, 0.717) is 17.0 Å². The second kappa shape index (κ2) is 9.55. The molecule has 0 saturated heterocycles. The van der Waals surface area contributed by atoms with E-state index in [2.05, 4.69) is 31.2 Å². The number of carbonyl (C=O) groups is 1. The molecule has 0 radical (unpaired) electrons. The molecule has 1 N–H and O–H groups in total. The summed E-state index contributed by atoms with van der Waals surface area (Å²) in [6.07, 6.45) is 0. The minimum Gasteiger partial charge on any atom is -0.484 e. The number of nitrogens with zero attached hydrogens (tertiary/aromatic N) is 2. The normalized spacial score (nSPS) is 11.2. The van der Waals surface area contributed by atoms with Crippen molar-refractivity contribution in [3.05, 3.63) is 82.4 Å². The zero-order valence-electron chi connectivity index (χ0n) is 17.9. The van der Waals surface area contributed by atoms with Crippen molar-refractivity contribution >= 4 is 5.91 Å². The first-order valence-corrected chi connectivity index (χ1v) is 10.1. The highest BCUT2D eigenvalue weighted by molar-refractivity contribution is 5.77. The Morgan fingerprint density at radius 3 is 2.35 bits per heavy atom. The quantitative estimate of drug-likeness (QED) is 0.631. The highest BCUT2D eigenvalue weighted by atomic mass is 19.1. The van der Waals surface area contributed by atoms with Gasteiger partial charge in [-0.1, -0.05) is 32.9 Å². The Kier molecular flexibility index (Phi) is 6.84. The third-order valence-corrected chi connectivity index (χ3v) is 4.74. The number of aromatic nitrogens is 2. The molecule has 2 aromatic carbocycles. The smallest absolute Gasteiger partial charge is 0.266 e. The van der Waals surface area contributed by atoms with Crippen LogP contribution < -0.4 is 15.6 Å². The van der Waals surface area contributed by atoms with Crippen LogP contribution >= 0.6 is 0 Å². The first-order valence-electron chi connectivity index (χ1n) is 10.1. The third-order valence-electron chi connectivity index (χ3n) is 4.74. The summed E-state index contributed by atoms with van der Waals surface area (Å²) in [6.45, 7) is 6.71. The Bertz CT molecular complexity index is 1080. The Labute approximate surface area is 180 Å². The lowest BCUT2D eigenvalue weighted by molar-refractivity contribution is -0.123. The molecule has 0 aliphatic rings. The van der Waals surface area contributed by atoms with Gasteiger partial charge in [-0.3, -0.25) is 9.59 Å². The van der Waals surface area contributed by atoms with Crippen LogP contribution in [0.3, 0.4) is 0 Å². The van der Waals surface area contributed by atoms with Crippen molar-refractivity contribution in [1.82, 2.24) is 15.1 Å². The zero-order chi connectivity index (χ0) is 22.4. The van der Waals surface area contributed by atoms with E-state index in [-0.39, 0.29) is 42.4 Å². The van der Waals surface area contributed by atoms with Crippen LogP contribution in [-0.4, -0.2) is 28.8 Å². The highest BCUT2D eigenvalue weighted by Crippen LogP contribution is 2.24. The van der Waals surface area contributed by atoms with E-state index in [9.17, 15) is 14.0 Å². The Hall–Kier alpha value is -3.48. The zero-order valence-corrected chi connectivity index (χ0v) is 17.9. The van der Waals surface area contributed by atoms with Crippen molar-refractivity contribution in [1.29, 1.82) is 0 Å². The maximum Gasteiger partial charge on any atom is 0.266 e. The number of hydrogen-bond acceptors (Lipinski definition) is 4. The summed E-state index contributed by atoms with van der Waals surface area (Å²) < 4.78 is 19.9. The monoisotopic (exact) mass is 423 g/mol. The predicted molar refractivity (Wildman–Crippen MR) is 118 cm³/mol. The van der Waals surface area contributed by atoms with Gasteiger partial charge in [0.25, 0.3) is 11.5 Å². The molecular formula is C24H26FN3O3. The van der Waals surface area contributed by atoms with E-state index in [1.54, 1.807) is 18.2 Å². The van der Waals surface area contributed by atoms with Gasteiger partial charge in [-0.05, 0) is 53.4 Å². The van der Waals surface area contributed by atoms with Gasteiger partial charge in [-0.15, -0.1) is 0 Å². The largest absolute Gasteiger partial charge is 0.484 e. The molecule has 0 atom stereocenters. The van der Waals surface area contributed by atoms with Crippen LogP contribution in [0.2, 0.25) is 0 Å². The molecular weight excluding hydrogens is 397 g/mol. The number of nitrogens with one attached hydrogen (secondary N) is 1. The molecule has 0 spiro atoms. The van der Waals surface area contributed by atoms with Gasteiger partial charge in [0, 0.05) is 18.2 Å². The molecule has 1 amide bonds. The summed E-state index contributed by atoms with van der Waals surface area (Å²) >= 11 is 0. The van der Waals surface area contributed by atoms with Gasteiger partial charge in [-0.2, -0.15) is 5.10 Å². The van der Waals surface area contributed by atoms with Gasteiger partial charge >= 0.3 is 0 Å². The van der Waals surface area contributed by atoms with Crippen LogP contribution in [0, 0.1) is 5.82 Å². The number of ether oxygens (including phenoxy) is 1. The molecule has 0 saturated carbocycles. The molecule has 162 valence electrons. The maximum atomic E-state index is 13.1. The van der Waals surface area contributed by atoms with Crippen molar-refractivity contribution in [2.24, 2.45) is 0 Å². The molecule has 0 aliphatic heterocycles. The lowest BCUT2D eigenvalue weighted by Gasteiger charge is -2.19. The van der Waals surface area contributed by atoms with Gasteiger partial charge in [-0.25, -0.2) is 9.07 Å². The molecule has 0 unspecified atom stereocenters. The molecule has 3 rings (SSSR count). The minimum absolute atomic E-state index is 0.0516. The van der Waals surface area contributed by atoms with Crippen molar-refractivity contribution in [2.45, 2.75) is 32.7 Å². The third kappa shape index (κ3) is 6.25. The maximum absolute atomic E-state index is 13.1. The average Bonchev–Trinajstić information content (AvgIpc) is 2.74. The van der Waals surface area contributed by atoms with Gasteiger partial charge in [0.05, 0.1) is 12.2 Å². The fourth-order valence-corrected chi connectivity index (χ4v) is 2.94. The molecule has 6 nitrogen and oxygen atoms in total. The fraction of sp³-hybridized carbons (Fsp3) is 0.292. The van der Waals surface area contributed by atoms with Crippen LogP contribution in [0.25, 0.3) is 11.3 Å². The number of benzene rings is 2. The standard InChI is InChI=1S/C24H26FN3O3/c1-24(2,3)18-6-10-20(11-7-18)31-16-22(29)26-14-15-28-23(30)13-12-21(27-28)17-4-8-19(25)9-5-17/h4-13H,14-16H2,1-3H3,(H,26,29). The molecule has 1 aromatic heterocycles. The van der Waals surface area contributed by atoms with Crippen molar-refractivity contribution in [3.8, 4) is 17.0 Å². The van der Waals surface area contributed by atoms with Gasteiger partial charge in [0.15, 0.2) is 6.61 Å². The van der Waals surface area contributed by atoms with E-state index in [0.717, 1.165) is 0 Å². The summed E-state index contributed by atoms with van der Waals surface area (Å²) in [5.74, 6) is -0.0113. The number of amides is 1. The summed E-state index contributed by atoms with van der Waals surface area (Å²) in [7, 11) is 0. The predicted octanol–water partition coefficient (Wildman–Crippen LogP) is 3.54. The van der Waals surface area contributed by atoms with Gasteiger partial charge < -0.3 is 10.1 Å². The van der Waals surface area contributed by atoms with E-state index >= 15 is 0 Å². The van der Waals surface area contributed by atoms with E-state index in [1.165, 1.54) is 28.4 Å². The number of hydrogen-bond donors (Lipinski definition) is 1. The Morgan fingerprint density at radius 2 is 1.71 bits per heavy atom. The first kappa shape index (κ1) is 22.2. The number of halogens is 1. The lowest BCUT2D eigenvalue weighted by atomic mass is 9.87. The number of rotatable bonds is 7. The van der Waals surface area contributed by atoms with Gasteiger partial charge in [0.2, 0.25) is 0 Å². The first-order chi connectivity index (χ1) is 14.7. The molecule has 0 fully saturated rings. The van der Waals surface area contributed by atoms with Crippen molar-refractivity contribution in [2.75, 3.05) is 13.2 Å². The average molecular weight is 423 g/mol. The molecule has 0 aliphatic carbocycles. The van der Waals surface area contributed by atoms with Crippen LogP contribution in [0.1, 0.15) is 26.3 Å². The molecule has 7 heteroatoms. The topological polar surface area (TPSA) is 73.2 Å². The molecule has 1 heterocycles. The van der Waals surface area contributed by atoms with Gasteiger partial charge in [0.1, 0.15) is 11.6 Å². The molecule has 3 aromatic rings. The van der Waals surface area contributed by atoms with Crippen molar-refractivity contribution < 1.29 is 13.9 Å². The molecule has 0 bridgehead atoms. The molecule has 31 heavy (non-hydrogen) atoms. The second-order valence-corrected chi connectivity index (χ2v) is 8.20. The second-order valence-electron chi connectivity index (χ2n) is 8.20. The summed E-state index contributed by atoms with van der Waals surface area (Å²) in [5.41, 5.74) is 2.20. The summed E-state index contributed by atoms with van der Waals surface area (Å²) in [4.78, 5) is 24.1. The van der Waals surface area contributed by atoms with E-state index < -0.39 is 0 Å². The fourth-order valence-electron chi connectivity index (χ4n) is 2.94. The summed E-state index contributed by atoms with van der Waals surface area (Å²) in [6, 6.07) is 16.5. The minimum atomic E-state index is -0.341. The van der Waals surface area contributed by atoms with E-state index in [4.69, 9.17) is 4.74 Å². The number of carbonyl (C=O) groups excluding carboxylic acids is 1. The summed E-state index contributed by atoms with van der Waals surface area (Å²) in [5, 5.41) is 7.01. The Morgan fingerprint density at radius 1 is 1.03 bits per heavy atom. The van der Waals surface area contributed by atoms with Crippen molar-refractivity contribution in [3.63, 3.8) is 0 Å². The van der Waals surface area contributed by atoms with Crippen LogP contribution in [0.4, 0.5) is 4.39 Å². The SMILES string of the molecule is CC(C)(C)c1ccc(OCC(=O)NCCn2nc(-c3ccc(F)cc3)ccc2=O)cc1. The lowest BCUT2D eigenvalue weighted by Crippen LogP contribution is -2.34. The van der Waals surface area contributed by atoms with Crippen LogP contribution in [0.15, 0.2) is 65.5 Å².